The Bertz CT molecular complexity index is 1830. The normalized spacial score (nSPS) is 15.2. The van der Waals surface area contributed by atoms with Gasteiger partial charge in [-0.2, -0.15) is 123 Å². The molecule has 0 aliphatic heterocycles. The lowest BCUT2D eigenvalue weighted by Crippen LogP contribution is -2.60. The van der Waals surface area contributed by atoms with Crippen molar-refractivity contribution < 1.29 is 156 Å². The van der Waals surface area contributed by atoms with E-state index in [-0.39, 0.29) is 0 Å². The number of rotatable bonds is 14. The number of amides is 1. The monoisotopic (exact) mass is 967 g/mol. The van der Waals surface area contributed by atoms with Crippen molar-refractivity contribution in [1.29, 1.82) is 0 Å². The van der Waals surface area contributed by atoms with E-state index in [1.54, 1.807) is 0 Å². The first-order valence-corrected chi connectivity index (χ1v) is 13.8. The third kappa shape index (κ3) is 9.48. The molecule has 1 amide bonds. The van der Waals surface area contributed by atoms with E-state index in [4.69, 9.17) is 0 Å². The zero-order chi connectivity index (χ0) is 49.1. The molecule has 1 aromatic rings. The highest BCUT2D eigenvalue weighted by atomic mass is 19.5. The summed E-state index contributed by atoms with van der Waals surface area (Å²) in [6, 6.07) is -2.50. The second-order valence-corrected chi connectivity index (χ2v) is 11.2. The van der Waals surface area contributed by atoms with Crippen LogP contribution >= 0.6 is 0 Å². The van der Waals surface area contributed by atoms with E-state index < -0.39 is 156 Å². The molecule has 1 rings (SSSR count). The Hall–Kier alpha value is -4.86. The van der Waals surface area contributed by atoms with Crippen molar-refractivity contribution in [3.63, 3.8) is 0 Å². The Morgan fingerprint density at radius 1 is 0.459 bits per heavy atom. The lowest BCUT2D eigenvalue weighted by Gasteiger charge is -2.33. The van der Waals surface area contributed by atoms with Crippen molar-refractivity contribution in [3.05, 3.63) is 23.8 Å². The van der Waals surface area contributed by atoms with Gasteiger partial charge in [-0.05, 0) is 17.7 Å². The second kappa shape index (κ2) is 15.8. The standard InChI is InChI=1S/C25H9F28NO7/c1-54(10(55)14(26,27)18(34,35)22(42,43)44)5-9(61-13(58)17(32,33)21(40,41)25(51,52)53)6-2-3-7(59-11(56)15(28,29)19(36,37)23(45,46)47)8(4-6)60-12(57)16(30,31)20(38,39)24(48,49)50/h2-4,9H,5H2,1H3. The van der Waals surface area contributed by atoms with Gasteiger partial charge in [-0.1, -0.05) is 6.07 Å². The number of ether oxygens (including phenoxy) is 3. The maximum atomic E-state index is 14.1. The molecule has 36 heteroatoms. The van der Waals surface area contributed by atoms with Gasteiger partial charge in [0.25, 0.3) is 5.91 Å². The number of benzene rings is 1. The first kappa shape index (κ1) is 54.2. The van der Waals surface area contributed by atoms with Gasteiger partial charge >= 0.3 is 90.0 Å². The van der Waals surface area contributed by atoms with Crippen LogP contribution in [0.2, 0.25) is 0 Å². The molecule has 0 fully saturated rings. The van der Waals surface area contributed by atoms with Gasteiger partial charge in [0.05, 0.1) is 6.54 Å². The van der Waals surface area contributed by atoms with E-state index in [2.05, 4.69) is 14.2 Å². The van der Waals surface area contributed by atoms with Crippen LogP contribution in [0.4, 0.5) is 123 Å². The van der Waals surface area contributed by atoms with Crippen LogP contribution in [0.3, 0.4) is 0 Å². The fourth-order valence-corrected chi connectivity index (χ4v) is 3.43. The van der Waals surface area contributed by atoms with Gasteiger partial charge in [0.1, 0.15) is 6.10 Å². The van der Waals surface area contributed by atoms with Gasteiger partial charge < -0.3 is 19.1 Å². The molecule has 0 aliphatic rings. The summed E-state index contributed by atoms with van der Waals surface area (Å²) in [5.74, 6) is -82.4. The molecule has 0 heterocycles. The number of halogens is 28. The molecule has 0 saturated carbocycles. The van der Waals surface area contributed by atoms with Crippen molar-refractivity contribution in [2.24, 2.45) is 0 Å². The second-order valence-electron chi connectivity index (χ2n) is 11.2. The van der Waals surface area contributed by atoms with E-state index in [1.807, 2.05) is 0 Å². The van der Waals surface area contributed by atoms with E-state index >= 15 is 0 Å². The largest absolute Gasteiger partial charge is 0.460 e. The van der Waals surface area contributed by atoms with E-state index in [9.17, 15) is 142 Å². The summed E-state index contributed by atoms with van der Waals surface area (Å²) in [6.07, 6.45) is -34.0. The fourth-order valence-electron chi connectivity index (χ4n) is 3.43. The van der Waals surface area contributed by atoms with Gasteiger partial charge in [0, 0.05) is 7.05 Å². The van der Waals surface area contributed by atoms with Crippen LogP contribution < -0.4 is 9.47 Å². The molecule has 0 N–H and O–H groups in total. The summed E-state index contributed by atoms with van der Waals surface area (Å²) in [7, 11) is -0.494. The lowest BCUT2D eigenvalue weighted by molar-refractivity contribution is -0.349. The molecule has 8 nitrogen and oxygen atoms in total. The highest BCUT2D eigenvalue weighted by Crippen LogP contribution is 2.52. The quantitative estimate of drug-likeness (QED) is 0.104. The average molecular weight is 967 g/mol. The Kier molecular flexibility index (Phi) is 14.0. The Balaban J connectivity index is 4.26. The fraction of sp³-hybridized carbons (Fsp3) is 0.600. The minimum atomic E-state index is -7.67. The number of nitrogens with zero attached hydrogens (tertiary/aromatic N) is 1. The third-order valence-corrected chi connectivity index (χ3v) is 6.82. The highest BCUT2D eigenvalue weighted by molar-refractivity contribution is 5.86. The van der Waals surface area contributed by atoms with Crippen molar-refractivity contribution in [3.8, 4) is 11.5 Å². The minimum Gasteiger partial charge on any atom is -0.451 e. The Morgan fingerprint density at radius 3 is 1.08 bits per heavy atom. The zero-order valence-corrected chi connectivity index (χ0v) is 27.4. The van der Waals surface area contributed by atoms with Crippen LogP contribution in [0.1, 0.15) is 11.7 Å². The molecular weight excluding hydrogens is 958 g/mol. The van der Waals surface area contributed by atoms with Crippen LogP contribution in [0.25, 0.3) is 0 Å². The maximum Gasteiger partial charge on any atom is 0.460 e. The molecule has 0 bridgehead atoms. The summed E-state index contributed by atoms with van der Waals surface area (Å²) < 4.78 is 380. The molecule has 0 aromatic heterocycles. The third-order valence-electron chi connectivity index (χ3n) is 6.82. The number of alkyl halides is 28. The number of hydrogen-bond donors (Lipinski definition) is 0. The van der Waals surface area contributed by atoms with Crippen molar-refractivity contribution in [2.75, 3.05) is 13.6 Å². The van der Waals surface area contributed by atoms with Crippen LogP contribution in [-0.4, -0.2) is 114 Å². The van der Waals surface area contributed by atoms with E-state index in [1.165, 1.54) is 0 Å². The summed E-state index contributed by atoms with van der Waals surface area (Å²) in [5.41, 5.74) is -2.20. The molecule has 0 radical (unpaired) electrons. The van der Waals surface area contributed by atoms with E-state index in [0.29, 0.717) is 0 Å². The number of esters is 3. The molecule has 0 spiro atoms. The van der Waals surface area contributed by atoms with Gasteiger partial charge in [-0.15, -0.1) is 0 Å². The van der Waals surface area contributed by atoms with E-state index in [0.717, 1.165) is 0 Å². The number of carbonyl (C=O) groups is 4. The molecular formula is C25H9F28NO7. The predicted octanol–water partition coefficient (Wildman–Crippen LogP) is 8.87. The molecule has 1 atom stereocenters. The summed E-state index contributed by atoms with van der Waals surface area (Å²) >= 11 is 0. The first-order valence-electron chi connectivity index (χ1n) is 13.8. The predicted molar refractivity (Wildman–Crippen MR) is 128 cm³/mol. The topological polar surface area (TPSA) is 99.2 Å². The van der Waals surface area contributed by atoms with Crippen LogP contribution in [0, 0.1) is 0 Å². The average Bonchev–Trinajstić information content (AvgIpc) is 3.05. The molecule has 61 heavy (non-hydrogen) atoms. The van der Waals surface area contributed by atoms with Gasteiger partial charge in [-0.25, -0.2) is 14.4 Å². The van der Waals surface area contributed by atoms with Crippen molar-refractivity contribution >= 4 is 23.8 Å². The Morgan fingerprint density at radius 2 is 0.754 bits per heavy atom. The van der Waals surface area contributed by atoms with Crippen LogP contribution in [0.5, 0.6) is 11.5 Å². The van der Waals surface area contributed by atoms with Crippen LogP contribution in [0.15, 0.2) is 18.2 Å². The first-order chi connectivity index (χ1) is 26.4. The maximum absolute atomic E-state index is 14.1. The summed E-state index contributed by atoms with van der Waals surface area (Å²) in [5, 5.41) is 0. The van der Waals surface area contributed by atoms with Gasteiger partial charge in [0.2, 0.25) is 0 Å². The Labute approximate surface area is 313 Å². The molecule has 0 aliphatic carbocycles. The SMILES string of the molecule is CN(CC(OC(=O)C(F)(F)C(F)(F)C(F)(F)F)c1ccc(OC(=O)C(F)(F)C(F)(F)C(F)(F)F)c(OC(=O)C(F)(F)C(F)(F)C(F)(F)F)c1)C(=O)C(F)(F)C(F)(F)C(F)(F)F. The van der Waals surface area contributed by atoms with Crippen molar-refractivity contribution in [2.45, 2.75) is 78.2 Å². The number of hydrogen-bond acceptors (Lipinski definition) is 7. The molecule has 1 aromatic carbocycles. The molecule has 0 saturated heterocycles. The smallest absolute Gasteiger partial charge is 0.451 e. The zero-order valence-electron chi connectivity index (χ0n) is 27.4. The van der Waals surface area contributed by atoms with Gasteiger partial charge in [-0.3, -0.25) is 4.79 Å². The molecule has 1 unspecified atom stereocenters. The van der Waals surface area contributed by atoms with Gasteiger partial charge in [0.15, 0.2) is 11.5 Å². The highest BCUT2D eigenvalue weighted by Gasteiger charge is 2.80. The number of likely N-dealkylation sites (N-methyl/N-ethyl adjacent to an activating group) is 1. The molecule has 352 valence electrons. The van der Waals surface area contributed by atoms with Crippen LogP contribution in [-0.2, 0) is 23.9 Å². The lowest BCUT2D eigenvalue weighted by atomic mass is 10.1. The summed E-state index contributed by atoms with van der Waals surface area (Å²) in [4.78, 5) is 46.0. The number of carbonyl (C=O) groups excluding carboxylic acids is 4. The van der Waals surface area contributed by atoms with Crippen molar-refractivity contribution in [1.82, 2.24) is 4.90 Å². The minimum absolute atomic E-state index is 0.494. The summed E-state index contributed by atoms with van der Waals surface area (Å²) in [6.45, 7) is -2.79.